The lowest BCUT2D eigenvalue weighted by Crippen LogP contribution is -2.33. The maximum Gasteiger partial charge on any atom is 0.287 e. The average Bonchev–Trinajstić information content (AvgIpc) is 2.62. The molecule has 0 saturated carbocycles. The van der Waals surface area contributed by atoms with Gasteiger partial charge in [0.25, 0.3) is 5.91 Å². The number of hydrogen-bond acceptors (Lipinski definition) is 4. The Balaban J connectivity index is 2.56. The van der Waals surface area contributed by atoms with Gasteiger partial charge in [0.1, 0.15) is 5.76 Å². The van der Waals surface area contributed by atoms with Crippen LogP contribution in [0.1, 0.15) is 16.3 Å². The van der Waals surface area contributed by atoms with Crippen molar-refractivity contribution in [1.82, 2.24) is 5.32 Å². The first-order chi connectivity index (χ1) is 6.63. The summed E-state index contributed by atoms with van der Waals surface area (Å²) < 4.78 is 5.04. The number of hydrogen-bond donors (Lipinski definition) is 3. The van der Waals surface area contributed by atoms with Gasteiger partial charge in [-0.3, -0.25) is 9.59 Å². The molecule has 0 bridgehead atoms. The molecule has 0 aliphatic carbocycles. The number of furan rings is 1. The van der Waals surface area contributed by atoms with Gasteiger partial charge in [-0.2, -0.15) is 0 Å². The standard InChI is InChI=1S/C8H11N3O3/c9-3-5-1-2-6(14-5)8(13)11-4-7(10)12/h1-2H,3-4,9H2,(H2,10,12)(H,11,13). The molecule has 1 aromatic heterocycles. The third kappa shape index (κ3) is 2.60. The summed E-state index contributed by atoms with van der Waals surface area (Å²) in [6, 6.07) is 3.08. The van der Waals surface area contributed by atoms with Crippen LogP contribution in [0, 0.1) is 0 Å². The van der Waals surface area contributed by atoms with Gasteiger partial charge in [-0.15, -0.1) is 0 Å². The van der Waals surface area contributed by atoms with Crippen LogP contribution < -0.4 is 16.8 Å². The van der Waals surface area contributed by atoms with Crippen LogP contribution in [-0.4, -0.2) is 18.4 Å². The molecule has 0 atom stereocenters. The number of carbonyl (C=O) groups is 2. The van der Waals surface area contributed by atoms with Crippen molar-refractivity contribution in [2.75, 3.05) is 6.54 Å². The van der Waals surface area contributed by atoms with Gasteiger partial charge in [-0.05, 0) is 12.1 Å². The molecule has 0 spiro atoms. The van der Waals surface area contributed by atoms with E-state index in [4.69, 9.17) is 15.9 Å². The number of nitrogens with one attached hydrogen (secondary N) is 1. The fourth-order valence-corrected chi connectivity index (χ4v) is 0.864. The summed E-state index contributed by atoms with van der Waals surface area (Å²) in [4.78, 5) is 21.6. The molecule has 2 amide bonds. The number of amides is 2. The van der Waals surface area contributed by atoms with Gasteiger partial charge < -0.3 is 21.2 Å². The Kier molecular flexibility index (Phi) is 3.24. The monoisotopic (exact) mass is 197 g/mol. The van der Waals surface area contributed by atoms with Crippen molar-refractivity contribution in [3.63, 3.8) is 0 Å². The maximum atomic E-state index is 11.2. The van der Waals surface area contributed by atoms with Crippen LogP contribution in [-0.2, 0) is 11.3 Å². The normalized spacial score (nSPS) is 9.79. The first-order valence-electron chi connectivity index (χ1n) is 3.98. The Hall–Kier alpha value is -1.82. The zero-order chi connectivity index (χ0) is 10.6. The summed E-state index contributed by atoms with van der Waals surface area (Å²) in [5, 5.41) is 2.29. The maximum absolute atomic E-state index is 11.2. The van der Waals surface area contributed by atoms with Crippen molar-refractivity contribution < 1.29 is 14.0 Å². The molecule has 5 N–H and O–H groups in total. The fourth-order valence-electron chi connectivity index (χ4n) is 0.864. The molecular weight excluding hydrogens is 186 g/mol. The second-order valence-corrected chi connectivity index (χ2v) is 2.62. The first kappa shape index (κ1) is 10.3. The zero-order valence-electron chi connectivity index (χ0n) is 7.45. The van der Waals surface area contributed by atoms with Gasteiger partial charge in [-0.1, -0.05) is 0 Å². The molecule has 0 aromatic carbocycles. The van der Waals surface area contributed by atoms with E-state index in [1.807, 2.05) is 0 Å². The SMILES string of the molecule is NCc1ccc(C(=O)NCC(N)=O)o1. The largest absolute Gasteiger partial charge is 0.455 e. The smallest absolute Gasteiger partial charge is 0.287 e. The van der Waals surface area contributed by atoms with Crippen molar-refractivity contribution in [3.8, 4) is 0 Å². The lowest BCUT2D eigenvalue weighted by molar-refractivity contribution is -0.117. The van der Waals surface area contributed by atoms with Crippen molar-refractivity contribution in [1.29, 1.82) is 0 Å². The predicted molar refractivity (Wildman–Crippen MR) is 48.1 cm³/mol. The van der Waals surface area contributed by atoms with Crippen LogP contribution in [0.3, 0.4) is 0 Å². The molecule has 0 radical (unpaired) electrons. The summed E-state index contributed by atoms with van der Waals surface area (Å²) in [7, 11) is 0. The number of carbonyl (C=O) groups excluding carboxylic acids is 2. The second kappa shape index (κ2) is 4.43. The van der Waals surface area contributed by atoms with Crippen molar-refractivity contribution in [3.05, 3.63) is 23.7 Å². The minimum Gasteiger partial charge on any atom is -0.455 e. The van der Waals surface area contributed by atoms with Crippen molar-refractivity contribution in [2.45, 2.75) is 6.54 Å². The molecule has 76 valence electrons. The van der Waals surface area contributed by atoms with E-state index in [2.05, 4.69) is 5.32 Å². The fraction of sp³-hybridized carbons (Fsp3) is 0.250. The molecule has 6 nitrogen and oxygen atoms in total. The molecule has 14 heavy (non-hydrogen) atoms. The van der Waals surface area contributed by atoms with Gasteiger partial charge in [-0.25, -0.2) is 0 Å². The number of primary amides is 1. The van der Waals surface area contributed by atoms with E-state index < -0.39 is 11.8 Å². The van der Waals surface area contributed by atoms with E-state index in [1.54, 1.807) is 6.07 Å². The lowest BCUT2D eigenvalue weighted by atomic mass is 10.4. The molecule has 6 heteroatoms. The van der Waals surface area contributed by atoms with E-state index in [-0.39, 0.29) is 18.8 Å². The van der Waals surface area contributed by atoms with Crippen LogP contribution in [0.2, 0.25) is 0 Å². The van der Waals surface area contributed by atoms with Crippen LogP contribution in [0.4, 0.5) is 0 Å². The number of nitrogens with two attached hydrogens (primary N) is 2. The second-order valence-electron chi connectivity index (χ2n) is 2.62. The molecule has 0 aliphatic rings. The topological polar surface area (TPSA) is 111 Å². The van der Waals surface area contributed by atoms with Crippen LogP contribution in [0.5, 0.6) is 0 Å². The highest BCUT2D eigenvalue weighted by Crippen LogP contribution is 2.06. The molecule has 1 aromatic rings. The highest BCUT2D eigenvalue weighted by atomic mass is 16.4. The molecule has 1 rings (SSSR count). The molecular formula is C8H11N3O3. The lowest BCUT2D eigenvalue weighted by Gasteiger charge is -1.98. The minimum absolute atomic E-state index is 0.117. The van der Waals surface area contributed by atoms with Gasteiger partial charge in [0.2, 0.25) is 5.91 Å². The summed E-state index contributed by atoms with van der Waals surface area (Å²) in [5.74, 6) is -0.464. The first-order valence-corrected chi connectivity index (χ1v) is 3.98. The quantitative estimate of drug-likeness (QED) is 0.572. The summed E-state index contributed by atoms with van der Waals surface area (Å²) in [6.45, 7) is 0.0145. The van der Waals surface area contributed by atoms with E-state index in [0.717, 1.165) is 0 Å². The van der Waals surface area contributed by atoms with Gasteiger partial charge in [0, 0.05) is 0 Å². The molecule has 1 heterocycles. The summed E-state index contributed by atoms with van der Waals surface area (Å²) in [6.07, 6.45) is 0. The van der Waals surface area contributed by atoms with Crippen molar-refractivity contribution >= 4 is 11.8 Å². The average molecular weight is 197 g/mol. The minimum atomic E-state index is -0.607. The predicted octanol–water partition coefficient (Wildman–Crippen LogP) is -1.05. The van der Waals surface area contributed by atoms with Crippen LogP contribution in [0.25, 0.3) is 0 Å². The van der Waals surface area contributed by atoms with Gasteiger partial charge in [0.15, 0.2) is 5.76 Å². The molecule has 0 fully saturated rings. The van der Waals surface area contributed by atoms with Crippen LogP contribution in [0.15, 0.2) is 16.5 Å². The van der Waals surface area contributed by atoms with Gasteiger partial charge in [0.05, 0.1) is 13.1 Å². The molecule has 0 saturated heterocycles. The zero-order valence-corrected chi connectivity index (χ0v) is 7.45. The Labute approximate surface area is 80.2 Å². The third-order valence-electron chi connectivity index (χ3n) is 1.51. The third-order valence-corrected chi connectivity index (χ3v) is 1.51. The van der Waals surface area contributed by atoms with Crippen LogP contribution >= 0.6 is 0 Å². The van der Waals surface area contributed by atoms with E-state index in [0.29, 0.717) is 5.76 Å². The molecule has 0 unspecified atom stereocenters. The van der Waals surface area contributed by atoms with E-state index >= 15 is 0 Å². The summed E-state index contributed by atoms with van der Waals surface area (Å²) >= 11 is 0. The van der Waals surface area contributed by atoms with E-state index in [9.17, 15) is 9.59 Å². The highest BCUT2D eigenvalue weighted by molar-refractivity contribution is 5.93. The van der Waals surface area contributed by atoms with Crippen molar-refractivity contribution in [2.24, 2.45) is 11.5 Å². The summed E-state index contributed by atoms with van der Waals surface area (Å²) in [5.41, 5.74) is 10.1. The Bertz CT molecular complexity index is 345. The molecule has 0 aliphatic heterocycles. The van der Waals surface area contributed by atoms with E-state index in [1.165, 1.54) is 6.07 Å². The highest BCUT2D eigenvalue weighted by Gasteiger charge is 2.10. The Morgan fingerprint density at radius 2 is 2.14 bits per heavy atom. The Morgan fingerprint density at radius 1 is 1.43 bits per heavy atom. The Morgan fingerprint density at radius 3 is 2.64 bits per heavy atom. The van der Waals surface area contributed by atoms with Gasteiger partial charge >= 0.3 is 0 Å². The number of rotatable bonds is 4.